The molecule has 0 aromatic heterocycles. The summed E-state index contributed by atoms with van der Waals surface area (Å²) in [5.74, 6) is 0.714. The molecule has 1 aliphatic rings. The van der Waals surface area contributed by atoms with Crippen LogP contribution in [0.2, 0.25) is 0 Å². The smallest absolute Gasteiger partial charge is 0.251 e. The largest absolute Gasteiger partial charge is 0.351 e. The van der Waals surface area contributed by atoms with Crippen LogP contribution in [-0.4, -0.2) is 37.0 Å². The summed E-state index contributed by atoms with van der Waals surface area (Å²) in [7, 11) is 0. The predicted molar refractivity (Wildman–Crippen MR) is 114 cm³/mol. The molecule has 1 saturated heterocycles. The molecule has 0 bridgehead atoms. The molecule has 26 heavy (non-hydrogen) atoms. The second-order valence-corrected chi connectivity index (χ2v) is 6.56. The first-order valence-corrected chi connectivity index (χ1v) is 10.2. The molecule has 1 aliphatic heterocycles. The van der Waals surface area contributed by atoms with Crippen molar-refractivity contribution in [2.24, 2.45) is 0 Å². The molecular formula is C22H30N2OS. The van der Waals surface area contributed by atoms with E-state index in [9.17, 15) is 4.79 Å². The van der Waals surface area contributed by atoms with Crippen molar-refractivity contribution >= 4 is 18.5 Å². The molecule has 1 amide bonds. The van der Waals surface area contributed by atoms with Gasteiger partial charge in [0.15, 0.2) is 0 Å². The zero-order valence-electron chi connectivity index (χ0n) is 15.9. The van der Waals surface area contributed by atoms with Crippen LogP contribution in [0.15, 0.2) is 48.5 Å². The van der Waals surface area contributed by atoms with Crippen LogP contribution in [-0.2, 0) is 5.75 Å². The van der Waals surface area contributed by atoms with Crippen molar-refractivity contribution < 1.29 is 4.79 Å². The molecule has 0 radical (unpaired) electrons. The molecule has 2 aromatic carbocycles. The summed E-state index contributed by atoms with van der Waals surface area (Å²) in [5.41, 5.74) is 4.07. The third-order valence-electron chi connectivity index (χ3n) is 4.48. The number of carbonyl (C=O) groups excluding carboxylic acids is 1. The maximum absolute atomic E-state index is 12.4. The molecular weight excluding hydrogens is 340 g/mol. The van der Waals surface area contributed by atoms with Crippen LogP contribution >= 0.6 is 12.6 Å². The Hall–Kier alpha value is -1.78. The minimum Gasteiger partial charge on any atom is -0.351 e. The molecule has 1 N–H and O–H groups in total. The van der Waals surface area contributed by atoms with Gasteiger partial charge in [0.2, 0.25) is 0 Å². The van der Waals surface area contributed by atoms with Crippen molar-refractivity contribution in [1.82, 2.24) is 10.2 Å². The van der Waals surface area contributed by atoms with Gasteiger partial charge in [0.1, 0.15) is 0 Å². The number of hydrogen-bond acceptors (Lipinski definition) is 3. The fourth-order valence-electron chi connectivity index (χ4n) is 3.13. The van der Waals surface area contributed by atoms with Gasteiger partial charge in [-0.25, -0.2) is 0 Å². The van der Waals surface area contributed by atoms with Gasteiger partial charge in [-0.05, 0) is 54.8 Å². The average molecular weight is 371 g/mol. The lowest BCUT2D eigenvalue weighted by Gasteiger charge is -2.15. The lowest BCUT2D eigenvalue weighted by Crippen LogP contribution is -2.33. The first-order valence-electron chi connectivity index (χ1n) is 9.57. The number of thiol groups is 1. The average Bonchev–Trinajstić information content (AvgIpc) is 3.23. The maximum Gasteiger partial charge on any atom is 0.251 e. The second-order valence-electron chi connectivity index (χ2n) is 6.24. The number of nitrogens with one attached hydrogen (secondary N) is 1. The van der Waals surface area contributed by atoms with Crippen molar-refractivity contribution in [2.45, 2.75) is 32.4 Å². The number of hydrogen-bond donors (Lipinski definition) is 2. The molecule has 1 heterocycles. The molecule has 4 heteroatoms. The van der Waals surface area contributed by atoms with Gasteiger partial charge in [-0.3, -0.25) is 4.79 Å². The van der Waals surface area contributed by atoms with Gasteiger partial charge in [0.05, 0.1) is 0 Å². The highest BCUT2D eigenvalue weighted by atomic mass is 32.1. The highest BCUT2D eigenvalue weighted by molar-refractivity contribution is 7.79. The van der Waals surface area contributed by atoms with Crippen LogP contribution in [0.3, 0.4) is 0 Å². The standard InChI is InChI=1S/C20H24N2OS.C2H6/c23-20(21-9-12-22-10-1-2-11-22)19-8-4-7-18(14-19)17-6-3-5-16(13-17)15-24;1-2/h3-8,13-14,24H,1-2,9-12,15H2,(H,21,23);1-2H3. The number of amides is 1. The van der Waals surface area contributed by atoms with Crippen molar-refractivity contribution in [2.75, 3.05) is 26.2 Å². The number of nitrogens with zero attached hydrogens (tertiary/aromatic N) is 1. The monoisotopic (exact) mass is 370 g/mol. The Morgan fingerprint density at radius 2 is 1.69 bits per heavy atom. The molecule has 0 spiro atoms. The van der Waals surface area contributed by atoms with Gasteiger partial charge in [-0.2, -0.15) is 12.6 Å². The van der Waals surface area contributed by atoms with Gasteiger partial charge < -0.3 is 10.2 Å². The van der Waals surface area contributed by atoms with E-state index in [4.69, 9.17) is 0 Å². The third-order valence-corrected chi connectivity index (χ3v) is 4.85. The number of benzene rings is 2. The Kier molecular flexibility index (Phi) is 8.72. The lowest BCUT2D eigenvalue weighted by atomic mass is 10.0. The predicted octanol–water partition coefficient (Wildman–Crippen LogP) is 4.64. The highest BCUT2D eigenvalue weighted by Crippen LogP contribution is 2.22. The summed E-state index contributed by atoms with van der Waals surface area (Å²) in [6, 6.07) is 16.1. The Balaban J connectivity index is 0.00000117. The van der Waals surface area contributed by atoms with E-state index in [1.54, 1.807) is 0 Å². The molecule has 3 rings (SSSR count). The van der Waals surface area contributed by atoms with Gasteiger partial charge in [-0.1, -0.05) is 50.2 Å². The van der Waals surface area contributed by atoms with E-state index in [-0.39, 0.29) is 5.91 Å². The van der Waals surface area contributed by atoms with Gasteiger partial charge in [-0.15, -0.1) is 0 Å². The molecule has 0 unspecified atom stereocenters. The number of rotatable bonds is 6. The van der Waals surface area contributed by atoms with Crippen LogP contribution in [0.1, 0.15) is 42.6 Å². The highest BCUT2D eigenvalue weighted by Gasteiger charge is 2.12. The van der Waals surface area contributed by atoms with E-state index in [0.29, 0.717) is 17.9 Å². The number of carbonyl (C=O) groups is 1. The second kappa shape index (κ2) is 11.0. The fraction of sp³-hybridized carbons (Fsp3) is 0.409. The minimum atomic E-state index is 0.00129. The fourth-order valence-corrected chi connectivity index (χ4v) is 3.32. The van der Waals surface area contributed by atoms with Gasteiger partial charge in [0.25, 0.3) is 5.91 Å². The quantitative estimate of drug-likeness (QED) is 0.726. The SMILES string of the molecule is CC.O=C(NCCN1CCCC1)c1cccc(-c2cccc(CS)c2)c1. The van der Waals surface area contributed by atoms with E-state index in [1.807, 2.05) is 44.2 Å². The molecule has 2 aromatic rings. The molecule has 0 saturated carbocycles. The molecule has 0 atom stereocenters. The zero-order chi connectivity index (χ0) is 18.8. The van der Waals surface area contributed by atoms with Crippen LogP contribution < -0.4 is 5.32 Å². The van der Waals surface area contributed by atoms with Crippen molar-refractivity contribution in [3.63, 3.8) is 0 Å². The van der Waals surface area contributed by atoms with Gasteiger partial charge in [0, 0.05) is 24.4 Å². The van der Waals surface area contributed by atoms with Crippen molar-refractivity contribution in [3.8, 4) is 11.1 Å². The van der Waals surface area contributed by atoms with E-state index < -0.39 is 0 Å². The summed E-state index contributed by atoms with van der Waals surface area (Å²) < 4.78 is 0. The molecule has 1 fully saturated rings. The molecule has 140 valence electrons. The Morgan fingerprint density at radius 3 is 2.38 bits per heavy atom. The summed E-state index contributed by atoms with van der Waals surface area (Å²) in [5, 5.41) is 3.03. The van der Waals surface area contributed by atoms with Crippen LogP contribution in [0.5, 0.6) is 0 Å². The first-order chi connectivity index (χ1) is 12.8. The topological polar surface area (TPSA) is 32.3 Å². The number of likely N-dealkylation sites (tertiary alicyclic amines) is 1. The Morgan fingerprint density at radius 1 is 1.04 bits per heavy atom. The molecule has 0 aliphatic carbocycles. The maximum atomic E-state index is 12.4. The van der Waals surface area contributed by atoms with Gasteiger partial charge >= 0.3 is 0 Å². The van der Waals surface area contributed by atoms with Crippen LogP contribution in [0.25, 0.3) is 11.1 Å². The van der Waals surface area contributed by atoms with E-state index in [1.165, 1.54) is 18.4 Å². The van der Waals surface area contributed by atoms with E-state index >= 15 is 0 Å². The summed E-state index contributed by atoms with van der Waals surface area (Å²) in [6.07, 6.45) is 2.56. The summed E-state index contributed by atoms with van der Waals surface area (Å²) >= 11 is 4.33. The van der Waals surface area contributed by atoms with Crippen LogP contribution in [0.4, 0.5) is 0 Å². The molecule has 3 nitrogen and oxygen atoms in total. The first kappa shape index (κ1) is 20.5. The van der Waals surface area contributed by atoms with Crippen molar-refractivity contribution in [1.29, 1.82) is 0 Å². The normalized spacial score (nSPS) is 13.8. The summed E-state index contributed by atoms with van der Waals surface area (Å²) in [4.78, 5) is 14.8. The zero-order valence-corrected chi connectivity index (χ0v) is 16.8. The third kappa shape index (κ3) is 5.89. The Bertz CT molecular complexity index is 696. The van der Waals surface area contributed by atoms with Crippen LogP contribution in [0, 0.1) is 0 Å². The Labute approximate surface area is 163 Å². The minimum absolute atomic E-state index is 0.00129. The van der Waals surface area contributed by atoms with E-state index in [2.05, 4.69) is 41.0 Å². The van der Waals surface area contributed by atoms with Crippen molar-refractivity contribution in [3.05, 3.63) is 59.7 Å². The van der Waals surface area contributed by atoms with E-state index in [0.717, 1.165) is 30.8 Å². The summed E-state index contributed by atoms with van der Waals surface area (Å²) in [6.45, 7) is 7.97. The lowest BCUT2D eigenvalue weighted by molar-refractivity contribution is 0.0950.